The van der Waals surface area contributed by atoms with Crippen LogP contribution in [0.2, 0.25) is 0 Å². The molecule has 1 saturated heterocycles. The maximum absolute atomic E-state index is 11.9. The zero-order valence-corrected chi connectivity index (χ0v) is 11.8. The van der Waals surface area contributed by atoms with E-state index in [1.165, 1.54) is 0 Å². The van der Waals surface area contributed by atoms with E-state index in [0.717, 1.165) is 17.7 Å². The zero-order chi connectivity index (χ0) is 13.9. The van der Waals surface area contributed by atoms with Crippen LogP contribution >= 0.6 is 0 Å². The molecule has 0 bridgehead atoms. The molecule has 19 heavy (non-hydrogen) atoms. The maximum Gasteiger partial charge on any atom is 0.225 e. The van der Waals surface area contributed by atoms with E-state index in [9.17, 15) is 4.79 Å². The Balaban J connectivity index is 2.01. The Kier molecular flexibility index (Phi) is 4.14. The number of rotatable bonds is 3. The van der Waals surface area contributed by atoms with E-state index >= 15 is 0 Å². The van der Waals surface area contributed by atoms with Crippen LogP contribution in [0.5, 0.6) is 0 Å². The number of amides is 1. The lowest BCUT2D eigenvalue weighted by molar-refractivity contribution is -0.125. The smallest absolute Gasteiger partial charge is 0.225 e. The van der Waals surface area contributed by atoms with Crippen molar-refractivity contribution in [2.24, 2.45) is 5.92 Å². The Hall–Kier alpha value is -1.49. The molecule has 104 valence electrons. The lowest BCUT2D eigenvalue weighted by atomic mass is 9.89. The van der Waals surface area contributed by atoms with Crippen molar-refractivity contribution in [1.29, 1.82) is 0 Å². The number of aromatic nitrogens is 2. The van der Waals surface area contributed by atoms with Gasteiger partial charge in [-0.15, -0.1) is 0 Å². The first-order chi connectivity index (χ1) is 8.98. The molecule has 0 aromatic carbocycles. The van der Waals surface area contributed by atoms with Gasteiger partial charge in [0.1, 0.15) is 6.33 Å². The molecule has 1 amide bonds. The van der Waals surface area contributed by atoms with E-state index in [-0.39, 0.29) is 17.2 Å². The highest BCUT2D eigenvalue weighted by molar-refractivity contribution is 5.79. The fourth-order valence-corrected chi connectivity index (χ4v) is 2.23. The van der Waals surface area contributed by atoms with Crippen LogP contribution in [0.25, 0.3) is 0 Å². The van der Waals surface area contributed by atoms with Crippen LogP contribution in [-0.2, 0) is 21.5 Å². The minimum atomic E-state index is -0.0561. The summed E-state index contributed by atoms with van der Waals surface area (Å²) in [4.78, 5) is 20.3. The molecule has 2 heterocycles. The summed E-state index contributed by atoms with van der Waals surface area (Å²) >= 11 is 0. The fraction of sp³-hybridized carbons (Fsp3) is 0.643. The lowest BCUT2D eigenvalue weighted by Gasteiger charge is -2.21. The van der Waals surface area contributed by atoms with E-state index in [1.807, 2.05) is 0 Å². The first-order valence-corrected chi connectivity index (χ1v) is 6.63. The molecule has 5 nitrogen and oxygen atoms in total. The van der Waals surface area contributed by atoms with Crippen molar-refractivity contribution in [1.82, 2.24) is 15.3 Å². The normalized spacial score (nSPS) is 19.4. The minimum Gasteiger partial charge on any atom is -0.381 e. The summed E-state index contributed by atoms with van der Waals surface area (Å²) in [6, 6.07) is 0. The Bertz CT molecular complexity index is 448. The van der Waals surface area contributed by atoms with E-state index in [4.69, 9.17) is 4.74 Å². The van der Waals surface area contributed by atoms with Crippen LogP contribution in [-0.4, -0.2) is 29.1 Å². The van der Waals surface area contributed by atoms with E-state index in [2.05, 4.69) is 36.1 Å². The molecule has 0 aliphatic carbocycles. The van der Waals surface area contributed by atoms with E-state index in [1.54, 1.807) is 12.5 Å². The van der Waals surface area contributed by atoms with Crippen LogP contribution in [0.3, 0.4) is 0 Å². The third kappa shape index (κ3) is 3.50. The van der Waals surface area contributed by atoms with Crippen molar-refractivity contribution in [3.05, 3.63) is 23.8 Å². The number of ether oxygens (including phenoxy) is 1. The van der Waals surface area contributed by atoms with Crippen LogP contribution < -0.4 is 5.32 Å². The first kappa shape index (κ1) is 13.9. The van der Waals surface area contributed by atoms with Crippen molar-refractivity contribution in [2.45, 2.75) is 39.2 Å². The number of hydrogen-bond acceptors (Lipinski definition) is 4. The van der Waals surface area contributed by atoms with Gasteiger partial charge in [-0.2, -0.15) is 0 Å². The quantitative estimate of drug-likeness (QED) is 0.896. The molecule has 2 rings (SSSR count). The van der Waals surface area contributed by atoms with Crippen LogP contribution in [0.15, 0.2) is 12.5 Å². The molecule has 0 spiro atoms. The van der Waals surface area contributed by atoms with Gasteiger partial charge in [0.15, 0.2) is 0 Å². The van der Waals surface area contributed by atoms with Gasteiger partial charge in [-0.25, -0.2) is 9.97 Å². The van der Waals surface area contributed by atoms with Gasteiger partial charge in [0.25, 0.3) is 0 Å². The van der Waals surface area contributed by atoms with Crippen LogP contribution in [0, 0.1) is 5.92 Å². The SMILES string of the molecule is CC(C)(C)c1ncncc1CNC(=O)C1CCOC1. The van der Waals surface area contributed by atoms with Crippen LogP contribution in [0.4, 0.5) is 0 Å². The van der Waals surface area contributed by atoms with E-state index < -0.39 is 0 Å². The molecular weight excluding hydrogens is 242 g/mol. The molecule has 5 heteroatoms. The molecule has 1 unspecified atom stereocenters. The third-order valence-corrected chi connectivity index (χ3v) is 3.25. The number of nitrogens with one attached hydrogen (secondary N) is 1. The van der Waals surface area contributed by atoms with E-state index in [0.29, 0.717) is 19.8 Å². The summed E-state index contributed by atoms with van der Waals surface area (Å²) in [7, 11) is 0. The van der Waals surface area contributed by atoms with Gasteiger partial charge in [0.05, 0.1) is 18.2 Å². The highest BCUT2D eigenvalue weighted by Gasteiger charge is 2.24. The Morgan fingerprint density at radius 3 is 2.95 bits per heavy atom. The standard InChI is InChI=1S/C14H21N3O2/c1-14(2,3)12-11(6-15-9-17-12)7-16-13(18)10-4-5-19-8-10/h6,9-10H,4-5,7-8H2,1-3H3,(H,16,18). The zero-order valence-electron chi connectivity index (χ0n) is 11.8. The summed E-state index contributed by atoms with van der Waals surface area (Å²) in [5.74, 6) is 0.0453. The molecule has 1 fully saturated rings. The third-order valence-electron chi connectivity index (χ3n) is 3.25. The Morgan fingerprint density at radius 1 is 1.53 bits per heavy atom. The van der Waals surface area contributed by atoms with Gasteiger partial charge in [-0.05, 0) is 6.42 Å². The predicted octanol–water partition coefficient (Wildman–Crippen LogP) is 1.43. The molecular formula is C14H21N3O2. The first-order valence-electron chi connectivity index (χ1n) is 6.63. The largest absolute Gasteiger partial charge is 0.381 e. The number of carbonyl (C=O) groups excluding carboxylic acids is 1. The highest BCUT2D eigenvalue weighted by atomic mass is 16.5. The highest BCUT2D eigenvalue weighted by Crippen LogP contribution is 2.23. The van der Waals surface area contributed by atoms with Crippen molar-refractivity contribution in [3.63, 3.8) is 0 Å². The van der Waals surface area contributed by atoms with Crippen molar-refractivity contribution >= 4 is 5.91 Å². The van der Waals surface area contributed by atoms with Crippen LogP contribution in [0.1, 0.15) is 38.4 Å². The molecule has 1 aromatic heterocycles. The maximum atomic E-state index is 11.9. The molecule has 1 N–H and O–H groups in total. The van der Waals surface area contributed by atoms with Gasteiger partial charge < -0.3 is 10.1 Å². The average molecular weight is 263 g/mol. The van der Waals surface area contributed by atoms with Crippen molar-refractivity contribution < 1.29 is 9.53 Å². The average Bonchev–Trinajstić information content (AvgIpc) is 2.89. The minimum absolute atomic E-state index is 0.0114. The molecule has 0 radical (unpaired) electrons. The van der Waals surface area contributed by atoms with Gasteiger partial charge in [0.2, 0.25) is 5.91 Å². The number of hydrogen-bond donors (Lipinski definition) is 1. The Morgan fingerprint density at radius 2 is 2.32 bits per heavy atom. The fourth-order valence-electron chi connectivity index (χ4n) is 2.23. The predicted molar refractivity (Wildman–Crippen MR) is 71.5 cm³/mol. The second-order valence-corrected chi connectivity index (χ2v) is 5.92. The summed E-state index contributed by atoms with van der Waals surface area (Å²) in [5.41, 5.74) is 1.90. The Labute approximate surface area is 113 Å². The molecule has 1 aliphatic heterocycles. The van der Waals surface area contributed by atoms with Gasteiger partial charge in [-0.3, -0.25) is 4.79 Å². The summed E-state index contributed by atoms with van der Waals surface area (Å²) in [6.07, 6.45) is 4.14. The summed E-state index contributed by atoms with van der Waals surface area (Å²) in [6.45, 7) is 7.99. The number of carbonyl (C=O) groups is 1. The van der Waals surface area contributed by atoms with Gasteiger partial charge >= 0.3 is 0 Å². The molecule has 1 aliphatic rings. The molecule has 1 atom stereocenters. The summed E-state index contributed by atoms with van der Waals surface area (Å²) in [5, 5.41) is 2.95. The summed E-state index contributed by atoms with van der Waals surface area (Å²) < 4.78 is 5.22. The second kappa shape index (κ2) is 5.65. The number of nitrogens with zero attached hydrogens (tertiary/aromatic N) is 2. The topological polar surface area (TPSA) is 64.1 Å². The lowest BCUT2D eigenvalue weighted by Crippen LogP contribution is -2.31. The monoisotopic (exact) mass is 263 g/mol. The van der Waals surface area contributed by atoms with Crippen molar-refractivity contribution in [2.75, 3.05) is 13.2 Å². The van der Waals surface area contributed by atoms with Gasteiger partial charge in [-0.1, -0.05) is 20.8 Å². The molecule has 0 saturated carbocycles. The second-order valence-electron chi connectivity index (χ2n) is 5.92. The van der Waals surface area contributed by atoms with Gasteiger partial charge in [0, 0.05) is 30.3 Å². The molecule has 1 aromatic rings. The van der Waals surface area contributed by atoms with Crippen molar-refractivity contribution in [3.8, 4) is 0 Å².